The molecular weight excluding hydrogens is 861 g/mol. The Morgan fingerprint density at radius 3 is 0.592 bits per heavy atom. The monoisotopic (exact) mass is 995 g/mol. The molecule has 0 amide bonds. The molecule has 422 valence electrons. The summed E-state index contributed by atoms with van der Waals surface area (Å²) in [6.45, 7) is 0.874. The quantitative estimate of drug-likeness (QED) is 0.299. The third kappa shape index (κ3) is 35.8. The van der Waals surface area contributed by atoms with Gasteiger partial charge in [0.2, 0.25) is 0 Å². The van der Waals surface area contributed by atoms with Crippen LogP contribution in [0.1, 0.15) is 417 Å². The van der Waals surface area contributed by atoms with Gasteiger partial charge in [0, 0.05) is 6.61 Å². The Kier molecular flexibility index (Phi) is 45.4. The van der Waals surface area contributed by atoms with Crippen molar-refractivity contribution in [1.82, 2.24) is 0 Å². The fraction of sp³-hybridized carbons (Fsp3) is 1.00. The molecule has 0 bridgehead atoms. The summed E-state index contributed by atoms with van der Waals surface area (Å²) < 4.78 is 7.89. The van der Waals surface area contributed by atoms with Crippen molar-refractivity contribution in [1.29, 1.82) is 0 Å². The molecule has 3 fully saturated rings. The lowest BCUT2D eigenvalue weighted by Gasteiger charge is -2.53. The van der Waals surface area contributed by atoms with Gasteiger partial charge in [0.25, 0.3) is 0 Å². The van der Waals surface area contributed by atoms with Crippen LogP contribution in [0.2, 0.25) is 0 Å². The minimum absolute atomic E-state index is 0.403. The van der Waals surface area contributed by atoms with E-state index in [4.69, 9.17) is 4.74 Å². The molecule has 0 radical (unpaired) electrons. The minimum atomic E-state index is -0.721. The zero-order valence-corrected chi connectivity index (χ0v) is 49.1. The van der Waals surface area contributed by atoms with Crippen molar-refractivity contribution < 1.29 is 9.84 Å². The molecule has 0 spiro atoms. The van der Waals surface area contributed by atoms with E-state index in [2.05, 4.69) is 0 Å². The van der Waals surface area contributed by atoms with Crippen molar-refractivity contribution in [3.8, 4) is 0 Å². The molecule has 1 heterocycles. The van der Waals surface area contributed by atoms with Crippen molar-refractivity contribution in [3.05, 3.63) is 0 Å². The van der Waals surface area contributed by atoms with Crippen LogP contribution in [-0.4, -0.2) is 22.9 Å². The standard InChI is InChI=1S/C69H134O2/c70-68(63-57-51-45-39-33-27-21-15-9-3-4-10-16-22-28-34-40-46-52-58-64-68)69(65-59-53-47-41-35-29-23-17-11-5-6-12-18-24-30-36-42-48-54-60-66-71-69)67-61-55-49-43-37-31-25-19-13-7-1-2-8-14-20-26-32-38-44-50-56-62-67/h67,70H,1-66H2. The van der Waals surface area contributed by atoms with Gasteiger partial charge in [-0.05, 0) is 44.4 Å². The van der Waals surface area contributed by atoms with Gasteiger partial charge >= 0.3 is 0 Å². The van der Waals surface area contributed by atoms with Crippen LogP contribution in [0.15, 0.2) is 0 Å². The van der Waals surface area contributed by atoms with Crippen LogP contribution in [0.3, 0.4) is 0 Å². The second-order valence-electron chi connectivity index (χ2n) is 25.5. The summed E-state index contributed by atoms with van der Waals surface area (Å²) in [5.74, 6) is 0.482. The van der Waals surface area contributed by atoms with Crippen LogP contribution < -0.4 is 0 Å². The number of rotatable bonds is 2. The van der Waals surface area contributed by atoms with Gasteiger partial charge in [0.15, 0.2) is 0 Å². The topological polar surface area (TPSA) is 29.5 Å². The molecule has 0 aromatic rings. The predicted molar refractivity (Wildman–Crippen MR) is 317 cm³/mol. The summed E-state index contributed by atoms with van der Waals surface area (Å²) in [6.07, 6.45) is 90.1. The fourth-order valence-corrected chi connectivity index (χ4v) is 14.2. The van der Waals surface area contributed by atoms with Gasteiger partial charge < -0.3 is 9.84 Å². The van der Waals surface area contributed by atoms with Crippen LogP contribution in [-0.2, 0) is 4.74 Å². The Morgan fingerprint density at radius 2 is 0.366 bits per heavy atom. The smallest absolute Gasteiger partial charge is 0.0995 e. The average molecular weight is 996 g/mol. The molecule has 3 aliphatic rings. The van der Waals surface area contributed by atoms with Crippen molar-refractivity contribution in [3.63, 3.8) is 0 Å². The van der Waals surface area contributed by atoms with Crippen molar-refractivity contribution in [2.45, 2.75) is 429 Å². The summed E-state index contributed by atoms with van der Waals surface area (Å²) in [5.41, 5.74) is -1.12. The number of hydrogen-bond donors (Lipinski definition) is 1. The molecule has 1 saturated heterocycles. The highest BCUT2D eigenvalue weighted by Gasteiger charge is 2.54. The highest BCUT2D eigenvalue weighted by Crippen LogP contribution is 2.49. The van der Waals surface area contributed by atoms with Crippen molar-refractivity contribution >= 4 is 0 Å². The molecule has 0 aromatic heterocycles. The summed E-state index contributed by atoms with van der Waals surface area (Å²) in [7, 11) is 0. The molecule has 1 N–H and O–H groups in total. The van der Waals surface area contributed by atoms with Gasteiger partial charge in [-0.1, -0.05) is 379 Å². The normalized spacial score (nSPS) is 27.5. The fourth-order valence-electron chi connectivity index (χ4n) is 14.2. The Labute approximate surface area is 448 Å². The summed E-state index contributed by atoms with van der Waals surface area (Å²) in [6, 6.07) is 0. The van der Waals surface area contributed by atoms with Crippen molar-refractivity contribution in [2.75, 3.05) is 6.61 Å². The van der Waals surface area contributed by atoms with E-state index in [1.807, 2.05) is 0 Å². The van der Waals surface area contributed by atoms with Crippen LogP contribution in [0.25, 0.3) is 0 Å². The molecule has 1 aliphatic heterocycles. The van der Waals surface area contributed by atoms with Gasteiger partial charge in [0.1, 0.15) is 0 Å². The first-order valence-corrected chi connectivity index (χ1v) is 34.6. The Bertz CT molecular complexity index is 980. The maximum atomic E-state index is 14.1. The lowest BCUT2D eigenvalue weighted by Crippen LogP contribution is -2.60. The predicted octanol–water partition coefficient (Wildman–Crippen LogP) is 24.5. The molecule has 2 saturated carbocycles. The molecule has 2 aliphatic carbocycles. The first-order chi connectivity index (χ1) is 35.3. The molecule has 71 heavy (non-hydrogen) atoms. The van der Waals surface area contributed by atoms with Gasteiger partial charge in [-0.3, -0.25) is 0 Å². The second kappa shape index (κ2) is 49.5. The maximum Gasteiger partial charge on any atom is 0.0995 e. The van der Waals surface area contributed by atoms with E-state index in [0.29, 0.717) is 5.92 Å². The van der Waals surface area contributed by atoms with E-state index < -0.39 is 11.2 Å². The highest BCUT2D eigenvalue weighted by molar-refractivity contribution is 5.05. The van der Waals surface area contributed by atoms with E-state index in [1.54, 1.807) is 0 Å². The SMILES string of the molecule is OC1(C2(C3CCCCCCCCCCCCCCCCCCCCCC3)CCCCCCCCCCCCCCCCCCCCCCO2)CCCCCCCCCCCCCCCCCCCCCC1. The summed E-state index contributed by atoms with van der Waals surface area (Å²) in [4.78, 5) is 0. The van der Waals surface area contributed by atoms with Crippen LogP contribution in [0.4, 0.5) is 0 Å². The van der Waals surface area contributed by atoms with Crippen molar-refractivity contribution in [2.24, 2.45) is 5.92 Å². The van der Waals surface area contributed by atoms with E-state index in [1.165, 1.54) is 398 Å². The Hall–Kier alpha value is -0.0800. The van der Waals surface area contributed by atoms with Crippen LogP contribution >= 0.6 is 0 Å². The van der Waals surface area contributed by atoms with Crippen LogP contribution in [0.5, 0.6) is 0 Å². The summed E-state index contributed by atoms with van der Waals surface area (Å²) in [5, 5.41) is 14.1. The van der Waals surface area contributed by atoms with E-state index in [0.717, 1.165) is 25.9 Å². The molecule has 2 nitrogen and oxygen atoms in total. The first-order valence-electron chi connectivity index (χ1n) is 34.6. The number of hydrogen-bond acceptors (Lipinski definition) is 2. The van der Waals surface area contributed by atoms with Crippen LogP contribution in [0, 0.1) is 5.92 Å². The third-order valence-electron chi connectivity index (χ3n) is 19.0. The zero-order valence-electron chi connectivity index (χ0n) is 49.1. The lowest BCUT2D eigenvalue weighted by molar-refractivity contribution is -0.227. The molecule has 1 atom stereocenters. The highest BCUT2D eigenvalue weighted by atomic mass is 16.5. The number of ether oxygens (including phenoxy) is 1. The van der Waals surface area contributed by atoms with E-state index in [9.17, 15) is 5.11 Å². The lowest BCUT2D eigenvalue weighted by atomic mass is 9.63. The Morgan fingerprint density at radius 1 is 0.197 bits per heavy atom. The molecule has 1 unspecified atom stereocenters. The maximum absolute atomic E-state index is 14.1. The molecule has 2 heteroatoms. The summed E-state index contributed by atoms with van der Waals surface area (Å²) >= 11 is 0. The van der Waals surface area contributed by atoms with Gasteiger partial charge in [-0.15, -0.1) is 0 Å². The molecule has 3 rings (SSSR count). The molecule has 0 aromatic carbocycles. The van der Waals surface area contributed by atoms with E-state index >= 15 is 0 Å². The first kappa shape index (κ1) is 65.2. The Balaban J connectivity index is 1.90. The van der Waals surface area contributed by atoms with Gasteiger partial charge in [-0.2, -0.15) is 0 Å². The second-order valence-corrected chi connectivity index (χ2v) is 25.5. The third-order valence-corrected chi connectivity index (χ3v) is 19.0. The van der Waals surface area contributed by atoms with E-state index in [-0.39, 0.29) is 0 Å². The average Bonchev–Trinajstić information content (AvgIpc) is 3.37. The minimum Gasteiger partial charge on any atom is -0.387 e. The molecular formula is C69H134O2. The number of aliphatic hydroxyl groups is 1. The van der Waals surface area contributed by atoms with Gasteiger partial charge in [-0.25, -0.2) is 0 Å². The van der Waals surface area contributed by atoms with Gasteiger partial charge in [0.05, 0.1) is 11.2 Å². The zero-order chi connectivity index (χ0) is 50.0. The largest absolute Gasteiger partial charge is 0.387 e.